The molecule has 3 rings (SSSR count). The molecule has 1 aromatic heterocycles. The molecule has 18 heavy (non-hydrogen) atoms. The highest BCUT2D eigenvalue weighted by Gasteiger charge is 2.05. The van der Waals surface area contributed by atoms with Gasteiger partial charge in [-0.15, -0.1) is 0 Å². The molecule has 0 aliphatic heterocycles. The van der Waals surface area contributed by atoms with Gasteiger partial charge in [0, 0.05) is 18.3 Å². The second kappa shape index (κ2) is 4.92. The van der Waals surface area contributed by atoms with Gasteiger partial charge >= 0.3 is 0 Å². The van der Waals surface area contributed by atoms with Gasteiger partial charge in [0.05, 0.1) is 0 Å². The van der Waals surface area contributed by atoms with Gasteiger partial charge in [-0.3, -0.25) is 0 Å². The van der Waals surface area contributed by atoms with Crippen LogP contribution in [-0.2, 0) is 6.42 Å². The van der Waals surface area contributed by atoms with Crippen LogP contribution in [0, 0.1) is 0 Å². The van der Waals surface area contributed by atoms with E-state index in [9.17, 15) is 0 Å². The quantitative estimate of drug-likeness (QED) is 0.695. The summed E-state index contributed by atoms with van der Waals surface area (Å²) in [4.78, 5) is 3.26. The predicted molar refractivity (Wildman–Crippen MR) is 75.5 cm³/mol. The van der Waals surface area contributed by atoms with Crippen LogP contribution in [0.3, 0.4) is 0 Å². The summed E-state index contributed by atoms with van der Waals surface area (Å²) < 4.78 is 0. The highest BCUT2D eigenvalue weighted by molar-refractivity contribution is 5.67. The minimum atomic E-state index is 0.943. The molecule has 0 bridgehead atoms. The van der Waals surface area contributed by atoms with Gasteiger partial charge < -0.3 is 4.98 Å². The lowest BCUT2D eigenvalue weighted by atomic mass is 9.97. The van der Waals surface area contributed by atoms with E-state index in [-0.39, 0.29) is 0 Å². The molecule has 0 spiro atoms. The number of aromatic nitrogens is 1. The van der Waals surface area contributed by atoms with Gasteiger partial charge in [-0.25, -0.2) is 0 Å². The van der Waals surface area contributed by atoms with E-state index in [1.165, 1.54) is 22.4 Å². The topological polar surface area (TPSA) is 15.8 Å². The van der Waals surface area contributed by atoms with Gasteiger partial charge in [0.1, 0.15) is 0 Å². The van der Waals surface area contributed by atoms with E-state index in [0.717, 1.165) is 6.42 Å². The van der Waals surface area contributed by atoms with Gasteiger partial charge in [-0.1, -0.05) is 54.6 Å². The molecule has 0 radical (unpaired) electrons. The van der Waals surface area contributed by atoms with Crippen LogP contribution in [0.4, 0.5) is 0 Å². The predicted octanol–water partition coefficient (Wildman–Crippen LogP) is 4.27. The molecule has 0 unspecified atom stereocenters. The fourth-order valence-electron chi connectivity index (χ4n) is 2.26. The Morgan fingerprint density at radius 3 is 2.28 bits per heavy atom. The summed E-state index contributed by atoms with van der Waals surface area (Å²) in [6.07, 6.45) is 2.92. The zero-order chi connectivity index (χ0) is 12.2. The molecule has 1 heteroatoms. The third kappa shape index (κ3) is 2.21. The second-order valence-corrected chi connectivity index (χ2v) is 4.40. The van der Waals surface area contributed by atoms with E-state index >= 15 is 0 Å². The van der Waals surface area contributed by atoms with Crippen molar-refractivity contribution in [3.05, 3.63) is 84.2 Å². The van der Waals surface area contributed by atoms with Gasteiger partial charge in [0.25, 0.3) is 0 Å². The third-order valence-corrected chi connectivity index (χ3v) is 3.15. The number of rotatable bonds is 3. The van der Waals surface area contributed by atoms with Crippen LogP contribution in [-0.4, -0.2) is 4.98 Å². The van der Waals surface area contributed by atoms with E-state index in [1.807, 2.05) is 12.3 Å². The molecule has 1 nitrogen and oxygen atoms in total. The number of aromatic amines is 1. The maximum atomic E-state index is 3.26. The van der Waals surface area contributed by atoms with E-state index in [4.69, 9.17) is 0 Å². The van der Waals surface area contributed by atoms with Crippen molar-refractivity contribution < 1.29 is 0 Å². The SMILES string of the molecule is c1ccc(-c2ccccc2Cc2ccc[nH]2)cc1. The lowest BCUT2D eigenvalue weighted by molar-refractivity contribution is 1.11. The summed E-state index contributed by atoms with van der Waals surface area (Å²) in [5.41, 5.74) is 5.19. The molecule has 0 fully saturated rings. The van der Waals surface area contributed by atoms with Gasteiger partial charge in [0.15, 0.2) is 0 Å². The lowest BCUT2D eigenvalue weighted by Gasteiger charge is -2.08. The Bertz CT molecular complexity index is 609. The smallest absolute Gasteiger partial charge is 0.0191 e. The van der Waals surface area contributed by atoms with Gasteiger partial charge in [0.2, 0.25) is 0 Å². The zero-order valence-corrected chi connectivity index (χ0v) is 10.1. The largest absolute Gasteiger partial charge is 0.365 e. The Morgan fingerprint density at radius 2 is 1.50 bits per heavy atom. The molecule has 0 saturated carbocycles. The fourth-order valence-corrected chi connectivity index (χ4v) is 2.26. The van der Waals surface area contributed by atoms with Crippen molar-refractivity contribution in [1.82, 2.24) is 4.98 Å². The lowest BCUT2D eigenvalue weighted by Crippen LogP contribution is -1.92. The molecular formula is C17H15N. The first-order valence-electron chi connectivity index (χ1n) is 6.19. The van der Waals surface area contributed by atoms with Crippen molar-refractivity contribution >= 4 is 0 Å². The minimum Gasteiger partial charge on any atom is -0.365 e. The van der Waals surface area contributed by atoms with Crippen LogP contribution < -0.4 is 0 Å². The summed E-state index contributed by atoms with van der Waals surface area (Å²) in [6, 6.07) is 23.3. The summed E-state index contributed by atoms with van der Waals surface area (Å²) in [5.74, 6) is 0. The summed E-state index contributed by atoms with van der Waals surface area (Å²) in [5, 5.41) is 0. The number of H-pyrrole nitrogens is 1. The van der Waals surface area contributed by atoms with E-state index < -0.39 is 0 Å². The monoisotopic (exact) mass is 233 g/mol. The Labute approximate surface area is 107 Å². The van der Waals surface area contributed by atoms with Crippen molar-refractivity contribution in [3.63, 3.8) is 0 Å². The first kappa shape index (κ1) is 10.8. The maximum absolute atomic E-state index is 3.26. The van der Waals surface area contributed by atoms with Crippen molar-refractivity contribution in [2.24, 2.45) is 0 Å². The van der Waals surface area contributed by atoms with Crippen LogP contribution in [0.25, 0.3) is 11.1 Å². The Kier molecular flexibility index (Phi) is 2.97. The number of benzene rings is 2. The summed E-state index contributed by atoms with van der Waals surface area (Å²) in [7, 11) is 0. The molecule has 88 valence electrons. The molecule has 1 heterocycles. The number of hydrogen-bond acceptors (Lipinski definition) is 0. The first-order chi connectivity index (χ1) is 8.93. The standard InChI is InChI=1S/C17H15N/c1-2-7-14(8-3-1)17-11-5-4-9-15(17)13-16-10-6-12-18-16/h1-12,18H,13H2. The molecular weight excluding hydrogens is 218 g/mol. The molecule has 2 aromatic carbocycles. The molecule has 0 saturated heterocycles. The van der Waals surface area contributed by atoms with Crippen molar-refractivity contribution in [2.75, 3.05) is 0 Å². The maximum Gasteiger partial charge on any atom is 0.0191 e. The van der Waals surface area contributed by atoms with Crippen LogP contribution >= 0.6 is 0 Å². The number of nitrogens with one attached hydrogen (secondary N) is 1. The Balaban J connectivity index is 2.00. The average Bonchev–Trinajstić information content (AvgIpc) is 2.93. The molecule has 1 N–H and O–H groups in total. The zero-order valence-electron chi connectivity index (χ0n) is 10.1. The molecule has 3 aromatic rings. The molecule has 0 aliphatic rings. The Morgan fingerprint density at radius 1 is 0.722 bits per heavy atom. The first-order valence-corrected chi connectivity index (χ1v) is 6.19. The third-order valence-electron chi connectivity index (χ3n) is 3.15. The van der Waals surface area contributed by atoms with Crippen molar-refractivity contribution in [3.8, 4) is 11.1 Å². The number of hydrogen-bond donors (Lipinski definition) is 1. The Hall–Kier alpha value is -2.28. The van der Waals surface area contributed by atoms with Crippen LogP contribution in [0.2, 0.25) is 0 Å². The van der Waals surface area contributed by atoms with Crippen molar-refractivity contribution in [1.29, 1.82) is 0 Å². The summed E-state index contributed by atoms with van der Waals surface area (Å²) >= 11 is 0. The highest BCUT2D eigenvalue weighted by atomic mass is 14.7. The average molecular weight is 233 g/mol. The van der Waals surface area contributed by atoms with Gasteiger partial charge in [-0.2, -0.15) is 0 Å². The minimum absolute atomic E-state index is 0.943. The molecule has 0 atom stereocenters. The van der Waals surface area contributed by atoms with E-state index in [1.54, 1.807) is 0 Å². The highest BCUT2D eigenvalue weighted by Crippen LogP contribution is 2.24. The molecule has 0 amide bonds. The second-order valence-electron chi connectivity index (χ2n) is 4.40. The van der Waals surface area contributed by atoms with Gasteiger partial charge in [-0.05, 0) is 28.8 Å². The van der Waals surface area contributed by atoms with Crippen molar-refractivity contribution in [2.45, 2.75) is 6.42 Å². The van der Waals surface area contributed by atoms with Crippen LogP contribution in [0.1, 0.15) is 11.3 Å². The molecule has 0 aliphatic carbocycles. The summed E-state index contributed by atoms with van der Waals surface area (Å²) in [6.45, 7) is 0. The van der Waals surface area contributed by atoms with E-state index in [2.05, 4.69) is 65.6 Å². The van der Waals surface area contributed by atoms with Crippen LogP contribution in [0.5, 0.6) is 0 Å². The van der Waals surface area contributed by atoms with Crippen LogP contribution in [0.15, 0.2) is 72.9 Å². The van der Waals surface area contributed by atoms with E-state index in [0.29, 0.717) is 0 Å². The fraction of sp³-hybridized carbons (Fsp3) is 0.0588. The normalized spacial score (nSPS) is 10.4.